The molecule has 2 heterocycles. The Hall–Kier alpha value is -2.63. The third-order valence-electron chi connectivity index (χ3n) is 5.08. The number of benzene rings is 1. The van der Waals surface area contributed by atoms with Gasteiger partial charge in [-0.15, -0.1) is 0 Å². The van der Waals surface area contributed by atoms with Crippen LogP contribution in [0.1, 0.15) is 14.8 Å². The van der Waals surface area contributed by atoms with E-state index in [1.54, 1.807) is 24.3 Å². The summed E-state index contributed by atoms with van der Waals surface area (Å²) < 4.78 is 38.2. The average Bonchev–Trinajstić information content (AvgIpc) is 3.30. The molecule has 3 aromatic rings. The second-order valence-electron chi connectivity index (χ2n) is 7.44. The van der Waals surface area contributed by atoms with Crippen molar-refractivity contribution in [3.8, 4) is 16.9 Å². The first-order valence-corrected chi connectivity index (χ1v) is 13.0. The molecule has 14 nitrogen and oxygen atoms in total. The summed E-state index contributed by atoms with van der Waals surface area (Å²) in [5, 5.41) is 8.05. The molecule has 17 heteroatoms. The van der Waals surface area contributed by atoms with Gasteiger partial charge in [0.1, 0.15) is 0 Å². The predicted molar refractivity (Wildman–Crippen MR) is 119 cm³/mol. The summed E-state index contributed by atoms with van der Waals surface area (Å²) in [7, 11) is -9.16. The number of nitrogens with zero attached hydrogens (tertiary/aromatic N) is 5. The number of hydrogen-bond donors (Lipinski definition) is 3. The first-order chi connectivity index (χ1) is 15.8. The van der Waals surface area contributed by atoms with Crippen molar-refractivity contribution in [1.29, 1.82) is 0 Å². The molecule has 0 aliphatic rings. The van der Waals surface area contributed by atoms with Crippen LogP contribution in [0.3, 0.4) is 0 Å². The molecular weight excluding hydrogens is 498 g/mol. The third kappa shape index (κ3) is 6.95. The van der Waals surface area contributed by atoms with Gasteiger partial charge in [-0.1, -0.05) is 12.1 Å². The molecule has 1 amide bonds. The van der Waals surface area contributed by atoms with Gasteiger partial charge in [0.25, 0.3) is 11.5 Å². The van der Waals surface area contributed by atoms with Crippen molar-refractivity contribution in [1.82, 2.24) is 30.0 Å². The third-order valence-corrected chi connectivity index (χ3v) is 7.43. The molecule has 2 aromatic heterocycles. The monoisotopic (exact) mass is 520 g/mol. The van der Waals surface area contributed by atoms with E-state index < -0.39 is 40.3 Å². The zero-order valence-electron chi connectivity index (χ0n) is 20.0. The first-order valence-electron chi connectivity index (χ1n) is 9.58. The van der Waals surface area contributed by atoms with Crippen molar-refractivity contribution in [3.05, 3.63) is 59.4 Å². The van der Waals surface area contributed by atoms with E-state index in [0.29, 0.717) is 16.9 Å². The number of carbonyl (C=O) groups is 1. The Morgan fingerprint density at radius 2 is 1.83 bits per heavy atom. The Bertz CT molecular complexity index is 1400. The van der Waals surface area contributed by atoms with Gasteiger partial charge in [0.05, 0.1) is 30.1 Å². The van der Waals surface area contributed by atoms with Crippen LogP contribution in [-0.4, -0.2) is 59.7 Å². The van der Waals surface area contributed by atoms with E-state index in [4.69, 9.17) is 9.79 Å². The molecule has 0 aliphatic heterocycles. The van der Waals surface area contributed by atoms with Crippen LogP contribution >= 0.6 is 7.82 Å². The maximum absolute atomic E-state index is 12.6. The molecule has 35 heavy (non-hydrogen) atoms. The molecule has 0 spiro atoms. The Morgan fingerprint density at radius 3 is 2.34 bits per heavy atom. The number of hydrogen-bond acceptors (Lipinski definition) is 9. The van der Waals surface area contributed by atoms with Crippen LogP contribution in [0, 0.1) is 0 Å². The molecule has 3 rings (SSSR count). The molecular formula is C18H22LiN6O8PS. The number of carbonyl (C=O) groups excluding carboxylic acids is 1. The van der Waals surface area contributed by atoms with Gasteiger partial charge in [0.15, 0.2) is 14.6 Å². The second kappa shape index (κ2) is 11.0. The number of amides is 1. The Morgan fingerprint density at radius 1 is 1.23 bits per heavy atom. The minimum atomic E-state index is -5.08. The summed E-state index contributed by atoms with van der Waals surface area (Å²) in [6.07, 6.45) is 4.69. The molecule has 0 saturated heterocycles. The molecule has 0 aliphatic carbocycles. The maximum atomic E-state index is 12.6. The van der Waals surface area contributed by atoms with Gasteiger partial charge in [0, 0.05) is 24.4 Å². The molecule has 0 radical (unpaired) electrons. The number of rotatable bonds is 9. The van der Waals surface area contributed by atoms with E-state index in [2.05, 4.69) is 19.8 Å². The fourth-order valence-electron chi connectivity index (χ4n) is 2.88. The smallest absolute Gasteiger partial charge is 1.00 e. The van der Waals surface area contributed by atoms with E-state index in [1.807, 2.05) is 0 Å². The summed E-state index contributed by atoms with van der Waals surface area (Å²) in [5.41, 5.74) is 2.71. The quantitative estimate of drug-likeness (QED) is 0.147. The largest absolute Gasteiger partial charge is 1.00 e. The van der Waals surface area contributed by atoms with Crippen LogP contribution in [-0.2, 0) is 30.4 Å². The standard InChI is InChI=1S/C18H21N6O8PS.Li.H/c1-18(34(2,30)31,17(26)22-32-33(27,28)29)7-10-23-12-19-15(11-16(23)25)13-3-5-14(6-4-13)24-20-8-9-21-24;;/h3-6,8-9,11-12H,7,10H2,1-2H3,(H,22,26)(H2,27,28,29);;/q;+1;-1/t18-;;/m1../s1. The normalized spacial score (nSPS) is 13.5. The van der Waals surface area contributed by atoms with E-state index in [0.717, 1.165) is 17.7 Å². The zero-order valence-corrected chi connectivity index (χ0v) is 20.7. The summed E-state index contributed by atoms with van der Waals surface area (Å²) in [5.74, 6) is -1.29. The number of phosphoric acid groups is 1. The summed E-state index contributed by atoms with van der Waals surface area (Å²) in [6, 6.07) is 8.22. The molecule has 184 valence electrons. The van der Waals surface area contributed by atoms with E-state index >= 15 is 0 Å². The van der Waals surface area contributed by atoms with Crippen LogP contribution in [0.15, 0.2) is 53.8 Å². The van der Waals surface area contributed by atoms with Gasteiger partial charge in [-0.25, -0.2) is 23.4 Å². The van der Waals surface area contributed by atoms with E-state index in [9.17, 15) is 22.6 Å². The van der Waals surface area contributed by atoms with Crippen molar-refractivity contribution in [3.63, 3.8) is 0 Å². The number of aromatic nitrogens is 5. The maximum Gasteiger partial charge on any atom is 1.00 e. The van der Waals surface area contributed by atoms with Crippen LogP contribution in [0.5, 0.6) is 0 Å². The fraction of sp³-hybridized carbons (Fsp3) is 0.278. The molecule has 0 saturated carbocycles. The Labute approximate surface area is 213 Å². The van der Waals surface area contributed by atoms with E-state index in [1.165, 1.54) is 35.1 Å². The molecule has 3 N–H and O–H groups in total. The molecule has 1 atom stereocenters. The van der Waals surface area contributed by atoms with Crippen LogP contribution in [0.2, 0.25) is 0 Å². The van der Waals surface area contributed by atoms with Crippen molar-refractivity contribution >= 4 is 23.6 Å². The van der Waals surface area contributed by atoms with Crippen molar-refractivity contribution in [2.24, 2.45) is 0 Å². The van der Waals surface area contributed by atoms with Crippen molar-refractivity contribution in [2.75, 3.05) is 6.26 Å². The summed E-state index contributed by atoms with van der Waals surface area (Å²) >= 11 is 0. The van der Waals surface area contributed by atoms with Crippen molar-refractivity contribution < 1.29 is 52.5 Å². The zero-order chi connectivity index (χ0) is 25.1. The van der Waals surface area contributed by atoms with Crippen LogP contribution < -0.4 is 29.9 Å². The van der Waals surface area contributed by atoms with Gasteiger partial charge < -0.3 is 11.2 Å². The molecule has 0 fully saturated rings. The topological polar surface area (TPSA) is 196 Å². The van der Waals surface area contributed by atoms with Gasteiger partial charge in [0.2, 0.25) is 0 Å². The average molecular weight is 520 g/mol. The van der Waals surface area contributed by atoms with Gasteiger partial charge in [-0.3, -0.25) is 14.2 Å². The van der Waals surface area contributed by atoms with Crippen LogP contribution in [0.25, 0.3) is 16.9 Å². The first kappa shape index (κ1) is 28.6. The van der Waals surface area contributed by atoms with Gasteiger partial charge in [-0.05, 0) is 25.5 Å². The fourth-order valence-corrected chi connectivity index (χ4v) is 3.92. The minimum Gasteiger partial charge on any atom is -1.00 e. The SMILES string of the molecule is C[C@@](CCn1cnc(-c2ccc(-n3nccn3)cc2)cc1=O)(C(=O)NOP(=O)(O)O)S(C)(=O)=O.[H-].[Li+]. The number of nitrogens with one attached hydrogen (secondary N) is 1. The summed E-state index contributed by atoms with van der Waals surface area (Å²) in [4.78, 5) is 48.0. The van der Waals surface area contributed by atoms with Crippen LogP contribution in [0.4, 0.5) is 0 Å². The number of hydroxylamine groups is 1. The molecule has 0 unspecified atom stereocenters. The summed E-state index contributed by atoms with van der Waals surface area (Å²) in [6.45, 7) is 0.840. The second-order valence-corrected chi connectivity index (χ2v) is 11.0. The molecule has 0 bridgehead atoms. The van der Waals surface area contributed by atoms with Gasteiger partial charge >= 0.3 is 26.7 Å². The minimum absolute atomic E-state index is 0. The molecule has 1 aromatic carbocycles. The Kier molecular flexibility index (Phi) is 8.96. The van der Waals surface area contributed by atoms with Gasteiger partial charge in [-0.2, -0.15) is 19.6 Å². The predicted octanol–water partition coefficient (Wildman–Crippen LogP) is -3.06. The van der Waals surface area contributed by atoms with Crippen molar-refractivity contribution in [2.45, 2.75) is 24.6 Å². The Balaban J connectivity index is 0.00000324. The number of aryl methyl sites for hydroxylation is 1. The van der Waals surface area contributed by atoms with E-state index in [-0.39, 0.29) is 26.8 Å². The number of sulfone groups is 1.